The highest BCUT2D eigenvalue weighted by molar-refractivity contribution is 5.70. The van der Waals surface area contributed by atoms with E-state index >= 15 is 0 Å². The predicted octanol–water partition coefficient (Wildman–Crippen LogP) is 1.27. The largest absolute Gasteiger partial charge is 0.426 e. The maximum atomic E-state index is 10.8. The molecule has 0 unspecified atom stereocenters. The summed E-state index contributed by atoms with van der Waals surface area (Å²) in [5, 5.41) is 0. The number of amides is 1. The van der Waals surface area contributed by atoms with Gasteiger partial charge in [0.1, 0.15) is 5.75 Å². The zero-order valence-electron chi connectivity index (χ0n) is 7.63. The van der Waals surface area contributed by atoms with Crippen LogP contribution in [0.5, 0.6) is 5.75 Å². The molecule has 0 atom stereocenters. The van der Waals surface area contributed by atoms with E-state index in [1.54, 1.807) is 0 Å². The second kappa shape index (κ2) is 3.91. The van der Waals surface area contributed by atoms with Gasteiger partial charge in [-0.25, -0.2) is 10.6 Å². The molecule has 0 aromatic heterocycles. The van der Waals surface area contributed by atoms with Gasteiger partial charge in [0, 0.05) is 0 Å². The van der Waals surface area contributed by atoms with E-state index in [1.807, 2.05) is 37.5 Å². The molecule has 70 valence electrons. The van der Waals surface area contributed by atoms with Crippen LogP contribution in [0, 0.1) is 13.8 Å². The number of hydrogen-bond acceptors (Lipinski definition) is 3. The fourth-order valence-corrected chi connectivity index (χ4v) is 1.08. The molecular weight excluding hydrogens is 168 g/mol. The maximum Gasteiger partial charge on any atom is 0.426 e. The highest BCUT2D eigenvalue weighted by atomic mass is 16.6. The van der Waals surface area contributed by atoms with E-state index in [1.165, 1.54) is 0 Å². The van der Waals surface area contributed by atoms with Crippen LogP contribution in [0.25, 0.3) is 0 Å². The van der Waals surface area contributed by atoms with Crippen LogP contribution in [-0.2, 0) is 0 Å². The molecule has 0 bridgehead atoms. The van der Waals surface area contributed by atoms with Crippen molar-refractivity contribution in [3.05, 3.63) is 29.3 Å². The Morgan fingerprint density at radius 2 is 1.92 bits per heavy atom. The fraction of sp³-hybridized carbons (Fsp3) is 0.222. The summed E-state index contributed by atoms with van der Waals surface area (Å²) >= 11 is 0. The molecule has 1 aromatic carbocycles. The van der Waals surface area contributed by atoms with Crippen LogP contribution < -0.4 is 16.0 Å². The summed E-state index contributed by atoms with van der Waals surface area (Å²) < 4.78 is 4.95. The van der Waals surface area contributed by atoms with Crippen molar-refractivity contribution in [2.45, 2.75) is 13.8 Å². The number of benzene rings is 1. The monoisotopic (exact) mass is 180 g/mol. The Morgan fingerprint density at radius 3 is 2.38 bits per heavy atom. The Hall–Kier alpha value is -1.55. The molecule has 1 rings (SSSR count). The van der Waals surface area contributed by atoms with Gasteiger partial charge in [0.25, 0.3) is 0 Å². The zero-order chi connectivity index (χ0) is 9.84. The van der Waals surface area contributed by atoms with E-state index < -0.39 is 6.09 Å². The molecule has 13 heavy (non-hydrogen) atoms. The third-order valence-electron chi connectivity index (χ3n) is 1.72. The van der Waals surface area contributed by atoms with Crippen molar-refractivity contribution in [2.75, 3.05) is 0 Å². The SMILES string of the molecule is Cc1cccc(C)c1OC(=O)NN. The lowest BCUT2D eigenvalue weighted by atomic mass is 10.1. The molecule has 0 heterocycles. The topological polar surface area (TPSA) is 64.3 Å². The Balaban J connectivity index is 2.93. The lowest BCUT2D eigenvalue weighted by molar-refractivity contribution is 0.200. The van der Waals surface area contributed by atoms with Gasteiger partial charge in [0.15, 0.2) is 0 Å². The number of nitrogens with one attached hydrogen (secondary N) is 1. The number of rotatable bonds is 1. The molecule has 4 heteroatoms. The normalized spacial score (nSPS) is 9.46. The van der Waals surface area contributed by atoms with Crippen LogP contribution >= 0.6 is 0 Å². The van der Waals surface area contributed by atoms with Crippen molar-refractivity contribution >= 4 is 6.09 Å². The van der Waals surface area contributed by atoms with Gasteiger partial charge >= 0.3 is 6.09 Å². The van der Waals surface area contributed by atoms with Crippen LogP contribution in [-0.4, -0.2) is 6.09 Å². The molecule has 0 aliphatic heterocycles. The summed E-state index contributed by atoms with van der Waals surface area (Å²) in [5.41, 5.74) is 3.72. The Kier molecular flexibility index (Phi) is 2.87. The first kappa shape index (κ1) is 9.54. The van der Waals surface area contributed by atoms with Crippen molar-refractivity contribution in [3.8, 4) is 5.75 Å². The summed E-state index contributed by atoms with van der Waals surface area (Å²) in [6, 6.07) is 5.64. The van der Waals surface area contributed by atoms with Crippen LogP contribution in [0.3, 0.4) is 0 Å². The number of nitrogens with two attached hydrogens (primary N) is 1. The number of carbonyl (C=O) groups is 1. The van der Waals surface area contributed by atoms with E-state index in [0.717, 1.165) is 11.1 Å². The third-order valence-corrected chi connectivity index (χ3v) is 1.72. The third kappa shape index (κ3) is 2.19. The average Bonchev–Trinajstić information content (AvgIpc) is 2.11. The Labute approximate surface area is 76.7 Å². The molecule has 0 aliphatic rings. The van der Waals surface area contributed by atoms with Crippen molar-refractivity contribution < 1.29 is 9.53 Å². The van der Waals surface area contributed by atoms with Crippen molar-refractivity contribution in [2.24, 2.45) is 5.84 Å². The smallest absolute Gasteiger partial charge is 0.409 e. The zero-order valence-corrected chi connectivity index (χ0v) is 7.63. The molecule has 3 N–H and O–H groups in total. The molecule has 1 amide bonds. The predicted molar refractivity (Wildman–Crippen MR) is 49.3 cm³/mol. The summed E-state index contributed by atoms with van der Waals surface area (Å²) in [4.78, 5) is 10.8. The van der Waals surface area contributed by atoms with Gasteiger partial charge in [0.2, 0.25) is 0 Å². The van der Waals surface area contributed by atoms with Crippen molar-refractivity contribution in [3.63, 3.8) is 0 Å². The van der Waals surface area contributed by atoms with Crippen LogP contribution in [0.2, 0.25) is 0 Å². The first-order chi connectivity index (χ1) is 6.15. The molecule has 0 fully saturated rings. The van der Waals surface area contributed by atoms with Gasteiger partial charge < -0.3 is 4.74 Å². The van der Waals surface area contributed by atoms with Crippen molar-refractivity contribution in [1.82, 2.24) is 5.43 Å². The molecule has 0 saturated heterocycles. The van der Waals surface area contributed by atoms with Gasteiger partial charge in [-0.3, -0.25) is 5.43 Å². The van der Waals surface area contributed by atoms with Crippen LogP contribution in [0.1, 0.15) is 11.1 Å². The molecule has 4 nitrogen and oxygen atoms in total. The standard InChI is InChI=1S/C9H12N2O2/c1-6-4-3-5-7(2)8(6)13-9(12)11-10/h3-5H,10H2,1-2H3,(H,11,12). The lowest BCUT2D eigenvalue weighted by Crippen LogP contribution is -2.33. The first-order valence-corrected chi connectivity index (χ1v) is 3.90. The van der Waals surface area contributed by atoms with Crippen LogP contribution in [0.15, 0.2) is 18.2 Å². The molecule has 1 aromatic rings. The van der Waals surface area contributed by atoms with E-state index in [-0.39, 0.29) is 0 Å². The second-order valence-electron chi connectivity index (χ2n) is 2.75. The lowest BCUT2D eigenvalue weighted by Gasteiger charge is -2.08. The van der Waals surface area contributed by atoms with Gasteiger partial charge in [-0.1, -0.05) is 18.2 Å². The molecule has 0 spiro atoms. The van der Waals surface area contributed by atoms with E-state index in [4.69, 9.17) is 10.6 Å². The van der Waals surface area contributed by atoms with E-state index in [0.29, 0.717) is 5.75 Å². The summed E-state index contributed by atoms with van der Waals surface area (Å²) in [5.74, 6) is 5.46. The number of aryl methyl sites for hydroxylation is 2. The quantitative estimate of drug-likeness (QED) is 0.388. The first-order valence-electron chi connectivity index (χ1n) is 3.90. The molecule has 0 aliphatic carbocycles. The van der Waals surface area contributed by atoms with Gasteiger partial charge in [-0.15, -0.1) is 0 Å². The maximum absolute atomic E-state index is 10.8. The number of para-hydroxylation sites is 1. The average molecular weight is 180 g/mol. The minimum Gasteiger partial charge on any atom is -0.409 e. The highest BCUT2D eigenvalue weighted by Crippen LogP contribution is 2.21. The summed E-state index contributed by atoms with van der Waals surface area (Å²) in [6.07, 6.45) is -0.655. The molecule has 0 saturated carbocycles. The number of hydrogen-bond donors (Lipinski definition) is 2. The minimum atomic E-state index is -0.655. The molecule has 0 radical (unpaired) electrons. The molecular formula is C9H12N2O2. The second-order valence-corrected chi connectivity index (χ2v) is 2.75. The summed E-state index contributed by atoms with van der Waals surface area (Å²) in [7, 11) is 0. The van der Waals surface area contributed by atoms with E-state index in [9.17, 15) is 4.79 Å². The highest BCUT2D eigenvalue weighted by Gasteiger charge is 2.07. The Morgan fingerprint density at radius 1 is 1.38 bits per heavy atom. The van der Waals surface area contributed by atoms with Gasteiger partial charge in [0.05, 0.1) is 0 Å². The van der Waals surface area contributed by atoms with Crippen molar-refractivity contribution in [1.29, 1.82) is 0 Å². The number of carbonyl (C=O) groups excluding carboxylic acids is 1. The van der Waals surface area contributed by atoms with Gasteiger partial charge in [-0.2, -0.15) is 0 Å². The Bertz CT molecular complexity index is 303. The minimum absolute atomic E-state index is 0.561. The van der Waals surface area contributed by atoms with E-state index in [2.05, 4.69) is 0 Å². The number of hydrazine groups is 1. The summed E-state index contributed by atoms with van der Waals surface area (Å²) in [6.45, 7) is 3.73. The fourth-order valence-electron chi connectivity index (χ4n) is 1.08. The van der Waals surface area contributed by atoms with Gasteiger partial charge in [-0.05, 0) is 25.0 Å². The number of ether oxygens (including phenoxy) is 1. The van der Waals surface area contributed by atoms with Crippen LogP contribution in [0.4, 0.5) is 4.79 Å².